The molecule has 6 heteroatoms. The highest BCUT2D eigenvalue weighted by Crippen LogP contribution is 2.43. The molecule has 0 unspecified atom stereocenters. The standard InChI is InChI=1S/C23H28N2O4/c1-4-15-14-25-11-9-16(15)12-21(25)22(29-23(26)28-5-2)18-8-10-24-20-7-6-17(27-3)13-19(18)20/h4,6-8,10,13,15-16,21-22H,1,5,9,11-12,14H2,2-3H3/t15-,16-,21+,22-/m0/s1. The van der Waals surface area contributed by atoms with Crippen molar-refractivity contribution in [3.63, 3.8) is 0 Å². The van der Waals surface area contributed by atoms with Crippen LogP contribution in [0.4, 0.5) is 4.79 Å². The zero-order valence-electron chi connectivity index (χ0n) is 17.0. The summed E-state index contributed by atoms with van der Waals surface area (Å²) < 4.78 is 16.5. The van der Waals surface area contributed by atoms with Crippen molar-refractivity contribution >= 4 is 17.1 Å². The van der Waals surface area contributed by atoms with Crippen LogP contribution in [0.2, 0.25) is 0 Å². The average Bonchev–Trinajstić information content (AvgIpc) is 2.77. The first-order valence-corrected chi connectivity index (χ1v) is 10.3. The molecular weight excluding hydrogens is 368 g/mol. The Labute approximate surface area is 171 Å². The fourth-order valence-electron chi connectivity index (χ4n) is 4.82. The van der Waals surface area contributed by atoms with Crippen molar-refractivity contribution in [2.75, 3.05) is 26.8 Å². The van der Waals surface area contributed by atoms with Gasteiger partial charge in [-0.2, -0.15) is 0 Å². The molecule has 0 N–H and O–H groups in total. The van der Waals surface area contributed by atoms with E-state index in [9.17, 15) is 4.79 Å². The molecule has 5 rings (SSSR count). The number of pyridine rings is 1. The highest BCUT2D eigenvalue weighted by molar-refractivity contribution is 5.84. The summed E-state index contributed by atoms with van der Waals surface area (Å²) in [5.74, 6) is 1.81. The van der Waals surface area contributed by atoms with Crippen LogP contribution in [0, 0.1) is 11.8 Å². The molecule has 2 bridgehead atoms. The Morgan fingerprint density at radius 2 is 2.28 bits per heavy atom. The monoisotopic (exact) mass is 396 g/mol. The third kappa shape index (κ3) is 3.81. The zero-order valence-corrected chi connectivity index (χ0v) is 17.0. The lowest BCUT2D eigenvalue weighted by Gasteiger charge is -2.51. The smallest absolute Gasteiger partial charge is 0.497 e. The Morgan fingerprint density at radius 1 is 1.41 bits per heavy atom. The van der Waals surface area contributed by atoms with Crippen molar-refractivity contribution in [3.05, 3.63) is 48.7 Å². The van der Waals surface area contributed by atoms with E-state index in [0.29, 0.717) is 11.8 Å². The van der Waals surface area contributed by atoms with Crippen LogP contribution in [0.5, 0.6) is 5.75 Å². The number of hydrogen-bond donors (Lipinski definition) is 0. The molecule has 0 spiro atoms. The van der Waals surface area contributed by atoms with E-state index in [4.69, 9.17) is 14.2 Å². The Hall–Kier alpha value is -2.60. The second-order valence-corrected chi connectivity index (χ2v) is 7.75. The molecule has 4 heterocycles. The summed E-state index contributed by atoms with van der Waals surface area (Å²) in [5.41, 5.74) is 1.79. The topological polar surface area (TPSA) is 60.9 Å². The summed E-state index contributed by atoms with van der Waals surface area (Å²) in [6.07, 6.45) is 4.91. The van der Waals surface area contributed by atoms with Crippen LogP contribution in [0.15, 0.2) is 43.1 Å². The molecule has 154 valence electrons. The van der Waals surface area contributed by atoms with Crippen LogP contribution in [-0.4, -0.2) is 48.9 Å². The normalized spacial score (nSPS) is 26.7. The van der Waals surface area contributed by atoms with Crippen LogP contribution < -0.4 is 4.74 Å². The van der Waals surface area contributed by atoms with Gasteiger partial charge in [-0.05, 0) is 62.4 Å². The van der Waals surface area contributed by atoms with Crippen molar-refractivity contribution in [1.82, 2.24) is 9.88 Å². The van der Waals surface area contributed by atoms with Gasteiger partial charge in [-0.3, -0.25) is 9.88 Å². The minimum atomic E-state index is -0.631. The molecule has 3 saturated heterocycles. The maximum Gasteiger partial charge on any atom is 0.508 e. The Morgan fingerprint density at radius 3 is 2.97 bits per heavy atom. The first-order valence-electron chi connectivity index (χ1n) is 10.3. The van der Waals surface area contributed by atoms with Gasteiger partial charge in [0.05, 0.1) is 25.3 Å². The number of ether oxygens (including phenoxy) is 3. The molecule has 1 aromatic heterocycles. The van der Waals surface area contributed by atoms with E-state index >= 15 is 0 Å². The summed E-state index contributed by atoms with van der Waals surface area (Å²) in [6, 6.07) is 7.83. The van der Waals surface area contributed by atoms with Crippen LogP contribution in [0.3, 0.4) is 0 Å². The predicted molar refractivity (Wildman–Crippen MR) is 111 cm³/mol. The quantitative estimate of drug-likeness (QED) is 0.534. The number of nitrogens with zero attached hydrogens (tertiary/aromatic N) is 2. The van der Waals surface area contributed by atoms with Gasteiger partial charge in [0.15, 0.2) is 0 Å². The van der Waals surface area contributed by atoms with Gasteiger partial charge in [-0.15, -0.1) is 6.58 Å². The molecule has 0 radical (unpaired) electrons. The van der Waals surface area contributed by atoms with Crippen LogP contribution >= 0.6 is 0 Å². The lowest BCUT2D eigenvalue weighted by molar-refractivity contribution is -0.0652. The van der Waals surface area contributed by atoms with Gasteiger partial charge in [-0.1, -0.05) is 6.08 Å². The SMILES string of the molecule is C=C[C@H]1C[N@]2CC[C@H]1C[C@@H]2[C@@H](OC(=O)OCC)c1ccnc2ccc(OC)cc12. The number of piperidine rings is 3. The predicted octanol–water partition coefficient (Wildman–Crippen LogP) is 4.35. The molecule has 3 aliphatic heterocycles. The van der Waals surface area contributed by atoms with Gasteiger partial charge >= 0.3 is 6.16 Å². The molecule has 2 aromatic rings. The molecule has 5 atom stereocenters. The van der Waals surface area contributed by atoms with Crippen molar-refractivity contribution in [1.29, 1.82) is 0 Å². The van der Waals surface area contributed by atoms with Crippen molar-refractivity contribution in [2.24, 2.45) is 11.8 Å². The molecule has 1 aromatic carbocycles. The maximum absolute atomic E-state index is 12.3. The first-order chi connectivity index (χ1) is 14.1. The molecule has 3 aliphatic rings. The molecular formula is C23H28N2O4. The summed E-state index contributed by atoms with van der Waals surface area (Å²) >= 11 is 0. The third-order valence-electron chi connectivity index (χ3n) is 6.28. The molecule has 29 heavy (non-hydrogen) atoms. The molecule has 3 fully saturated rings. The van der Waals surface area contributed by atoms with E-state index in [2.05, 4.69) is 22.5 Å². The molecule has 0 aliphatic carbocycles. The lowest BCUT2D eigenvalue weighted by atomic mass is 9.73. The summed E-state index contributed by atoms with van der Waals surface area (Å²) in [6.45, 7) is 8.04. The van der Waals surface area contributed by atoms with Crippen molar-refractivity contribution in [3.8, 4) is 5.75 Å². The van der Waals surface area contributed by atoms with E-state index < -0.39 is 12.3 Å². The summed E-state index contributed by atoms with van der Waals surface area (Å²) in [4.78, 5) is 19.2. The van der Waals surface area contributed by atoms with Crippen molar-refractivity contribution in [2.45, 2.75) is 31.9 Å². The number of carbonyl (C=O) groups excluding carboxylic acids is 1. The van der Waals surface area contributed by atoms with E-state index in [0.717, 1.165) is 48.1 Å². The highest BCUT2D eigenvalue weighted by atomic mass is 16.7. The lowest BCUT2D eigenvalue weighted by Crippen LogP contribution is -2.55. The molecule has 6 nitrogen and oxygen atoms in total. The second kappa shape index (κ2) is 8.41. The fraction of sp³-hybridized carbons (Fsp3) is 0.478. The van der Waals surface area contributed by atoms with Gasteiger partial charge in [0.1, 0.15) is 11.9 Å². The van der Waals surface area contributed by atoms with Gasteiger partial charge in [0.2, 0.25) is 0 Å². The minimum absolute atomic E-state index is 0.103. The Balaban J connectivity index is 1.75. The van der Waals surface area contributed by atoms with E-state index in [-0.39, 0.29) is 12.6 Å². The number of methoxy groups -OCH3 is 1. The number of rotatable bonds is 6. The number of hydrogen-bond acceptors (Lipinski definition) is 6. The number of carbonyl (C=O) groups is 1. The fourth-order valence-corrected chi connectivity index (χ4v) is 4.82. The van der Waals surface area contributed by atoms with E-state index in [1.807, 2.05) is 24.3 Å². The second-order valence-electron chi connectivity index (χ2n) is 7.75. The number of benzene rings is 1. The average molecular weight is 396 g/mol. The summed E-state index contributed by atoms with van der Waals surface area (Å²) in [5, 5.41) is 0.934. The molecule has 0 saturated carbocycles. The van der Waals surface area contributed by atoms with E-state index in [1.54, 1.807) is 20.2 Å². The highest BCUT2D eigenvalue weighted by Gasteiger charge is 2.44. The van der Waals surface area contributed by atoms with Gasteiger partial charge in [0, 0.05) is 23.7 Å². The first kappa shape index (κ1) is 19.7. The van der Waals surface area contributed by atoms with Crippen LogP contribution in [0.25, 0.3) is 10.9 Å². The summed E-state index contributed by atoms with van der Waals surface area (Å²) in [7, 11) is 1.64. The maximum atomic E-state index is 12.3. The zero-order chi connectivity index (χ0) is 20.4. The van der Waals surface area contributed by atoms with Crippen LogP contribution in [0.1, 0.15) is 31.4 Å². The van der Waals surface area contributed by atoms with Gasteiger partial charge in [-0.25, -0.2) is 4.79 Å². The minimum Gasteiger partial charge on any atom is -0.497 e. The Kier molecular flexibility index (Phi) is 5.72. The largest absolute Gasteiger partial charge is 0.508 e. The Bertz CT molecular complexity index is 900. The number of fused-ring (bicyclic) bond motifs is 4. The third-order valence-corrected chi connectivity index (χ3v) is 6.28. The van der Waals surface area contributed by atoms with Gasteiger partial charge in [0.25, 0.3) is 0 Å². The van der Waals surface area contributed by atoms with Crippen LogP contribution in [-0.2, 0) is 9.47 Å². The van der Waals surface area contributed by atoms with Gasteiger partial charge < -0.3 is 14.2 Å². The molecule has 0 amide bonds. The number of aromatic nitrogens is 1. The van der Waals surface area contributed by atoms with Crippen molar-refractivity contribution < 1.29 is 19.0 Å². The van der Waals surface area contributed by atoms with E-state index in [1.165, 1.54) is 0 Å².